The second-order valence-electron chi connectivity index (χ2n) is 4.04. The Kier molecular flexibility index (Phi) is 6.98. The number of methoxy groups -OCH3 is 1. The maximum Gasteiger partial charge on any atom is 0.434 e. The van der Waals surface area contributed by atoms with Crippen molar-refractivity contribution in [1.82, 2.24) is 14.5 Å². The summed E-state index contributed by atoms with van der Waals surface area (Å²) in [4.78, 5) is 26.3. The van der Waals surface area contributed by atoms with Crippen LogP contribution in [0.25, 0.3) is 0 Å². The third-order valence-corrected chi connectivity index (χ3v) is 3.09. The van der Waals surface area contributed by atoms with Crippen LogP contribution in [-0.2, 0) is 11.3 Å². The van der Waals surface area contributed by atoms with Gasteiger partial charge in [0.15, 0.2) is 5.13 Å². The summed E-state index contributed by atoms with van der Waals surface area (Å²) in [6, 6.07) is 0. The van der Waals surface area contributed by atoms with Gasteiger partial charge in [-0.1, -0.05) is 4.98 Å². The Hall–Kier alpha value is -2.64. The molecule has 1 atom stereocenters. The third-order valence-electron chi connectivity index (χ3n) is 2.31. The Balaban J connectivity index is 0.000000253. The van der Waals surface area contributed by atoms with Gasteiger partial charge in [-0.15, -0.1) is 0 Å². The highest BCUT2D eigenvalue weighted by atomic mass is 32.1. The molecule has 3 N–H and O–H groups in total. The van der Waals surface area contributed by atoms with E-state index in [1.807, 2.05) is 0 Å². The van der Waals surface area contributed by atoms with Crippen LogP contribution in [0, 0.1) is 20.2 Å². The van der Waals surface area contributed by atoms with Gasteiger partial charge in [0.05, 0.1) is 18.1 Å². The van der Waals surface area contributed by atoms with Gasteiger partial charge < -0.3 is 25.7 Å². The van der Waals surface area contributed by atoms with E-state index in [-0.39, 0.29) is 29.2 Å². The van der Waals surface area contributed by atoms with Crippen LogP contribution in [0.1, 0.15) is 0 Å². The molecule has 2 aromatic rings. The normalized spacial score (nSPS) is 11.4. The zero-order chi connectivity index (χ0) is 17.4. The highest BCUT2D eigenvalue weighted by Crippen LogP contribution is 2.21. The molecule has 2 aromatic heterocycles. The number of anilines is 1. The molecule has 0 fully saturated rings. The molecule has 1 unspecified atom stereocenters. The minimum absolute atomic E-state index is 0.0208. The second kappa shape index (κ2) is 8.72. The molecule has 13 heteroatoms. The maximum absolute atomic E-state index is 10.4. The number of ether oxygens (including phenoxy) is 1. The maximum atomic E-state index is 10.4. The predicted molar refractivity (Wildman–Crippen MR) is 79.9 cm³/mol. The van der Waals surface area contributed by atoms with Crippen LogP contribution >= 0.6 is 11.3 Å². The van der Waals surface area contributed by atoms with E-state index in [1.165, 1.54) is 24.1 Å². The first-order valence-corrected chi connectivity index (χ1v) is 6.85. The van der Waals surface area contributed by atoms with Gasteiger partial charge in [0.25, 0.3) is 0 Å². The number of nitrogen functional groups attached to an aromatic ring is 1. The summed E-state index contributed by atoms with van der Waals surface area (Å²) in [5, 5.41) is 29.9. The zero-order valence-corrected chi connectivity index (χ0v) is 12.8. The molecule has 0 saturated heterocycles. The standard InChI is InChI=1S/C7H11N3O4.C3H3N3O2S/c1-14-5-6(11)4-9-3-2-8-7(9)10(12)13;4-3-5-1-2(9-3)6(7)8/h2-3,6,11H,4-5H2,1H3;1H,(H2,4,5). The lowest BCUT2D eigenvalue weighted by Gasteiger charge is -2.07. The van der Waals surface area contributed by atoms with Crippen molar-refractivity contribution in [3.63, 3.8) is 0 Å². The molecule has 0 aliphatic carbocycles. The van der Waals surface area contributed by atoms with E-state index >= 15 is 0 Å². The molecular weight excluding hydrogens is 332 g/mol. The summed E-state index contributed by atoms with van der Waals surface area (Å²) in [6.45, 7) is 0.236. The van der Waals surface area contributed by atoms with Crippen LogP contribution in [-0.4, -0.2) is 49.3 Å². The minimum atomic E-state index is -0.770. The quantitative estimate of drug-likeness (QED) is 0.555. The molecule has 0 amide bonds. The van der Waals surface area contributed by atoms with E-state index in [0.29, 0.717) is 0 Å². The van der Waals surface area contributed by atoms with E-state index in [9.17, 15) is 25.3 Å². The first-order valence-electron chi connectivity index (χ1n) is 6.03. The van der Waals surface area contributed by atoms with Gasteiger partial charge in [0, 0.05) is 7.11 Å². The van der Waals surface area contributed by atoms with Crippen LogP contribution in [0.3, 0.4) is 0 Å². The first kappa shape index (κ1) is 18.4. The van der Waals surface area contributed by atoms with Gasteiger partial charge in [-0.25, -0.2) is 9.55 Å². The average molecular weight is 346 g/mol. The Bertz CT molecular complexity index is 658. The summed E-state index contributed by atoms with van der Waals surface area (Å²) < 4.78 is 5.97. The highest BCUT2D eigenvalue weighted by molar-refractivity contribution is 7.18. The summed E-state index contributed by atoms with van der Waals surface area (Å²) >= 11 is 0.863. The van der Waals surface area contributed by atoms with E-state index in [4.69, 9.17) is 10.5 Å². The molecule has 0 bridgehead atoms. The fraction of sp³-hybridized carbons (Fsp3) is 0.400. The molecule has 2 rings (SSSR count). The number of aromatic nitrogens is 3. The van der Waals surface area contributed by atoms with Gasteiger partial charge in [0.2, 0.25) is 0 Å². The zero-order valence-electron chi connectivity index (χ0n) is 11.9. The Morgan fingerprint density at radius 3 is 2.57 bits per heavy atom. The van der Waals surface area contributed by atoms with Crippen molar-refractivity contribution in [3.8, 4) is 0 Å². The van der Waals surface area contributed by atoms with Crippen LogP contribution in [0.15, 0.2) is 18.6 Å². The van der Waals surface area contributed by atoms with E-state index in [0.717, 1.165) is 17.5 Å². The number of hydrogen-bond acceptors (Lipinski definition) is 10. The summed E-state index contributed by atoms with van der Waals surface area (Å²) in [6.07, 6.45) is 3.13. The van der Waals surface area contributed by atoms with E-state index < -0.39 is 16.0 Å². The summed E-state index contributed by atoms with van der Waals surface area (Å²) in [5.41, 5.74) is 5.12. The number of thiazole rings is 1. The number of nitrogens with zero attached hydrogens (tertiary/aromatic N) is 5. The Labute approximate surface area is 133 Å². The van der Waals surface area contributed by atoms with Crippen molar-refractivity contribution in [2.24, 2.45) is 0 Å². The fourth-order valence-corrected chi connectivity index (χ4v) is 1.95. The topological polar surface area (TPSA) is 172 Å². The lowest BCUT2D eigenvalue weighted by molar-refractivity contribution is -0.397. The van der Waals surface area contributed by atoms with Crippen molar-refractivity contribution in [2.75, 3.05) is 19.5 Å². The molecule has 126 valence electrons. The molecular formula is C10H14N6O6S. The molecule has 0 spiro atoms. The van der Waals surface area contributed by atoms with Crippen molar-refractivity contribution in [3.05, 3.63) is 38.8 Å². The van der Waals surface area contributed by atoms with Crippen molar-refractivity contribution >= 4 is 27.4 Å². The molecule has 12 nitrogen and oxygen atoms in total. The number of nitrogens with two attached hydrogens (primary N) is 1. The fourth-order valence-electron chi connectivity index (χ4n) is 1.45. The lowest BCUT2D eigenvalue weighted by Crippen LogP contribution is -2.21. The molecule has 2 heterocycles. The number of imidazole rings is 1. The van der Waals surface area contributed by atoms with Crippen molar-refractivity contribution in [1.29, 1.82) is 0 Å². The van der Waals surface area contributed by atoms with Gasteiger partial charge in [0.1, 0.15) is 24.7 Å². The number of rotatable bonds is 6. The van der Waals surface area contributed by atoms with Gasteiger partial charge in [-0.2, -0.15) is 0 Å². The largest absolute Gasteiger partial charge is 0.434 e. The van der Waals surface area contributed by atoms with Gasteiger partial charge in [-0.05, 0) is 16.3 Å². The molecule has 0 aliphatic rings. The number of aliphatic hydroxyl groups is 1. The van der Waals surface area contributed by atoms with E-state index in [1.54, 1.807) is 0 Å². The van der Waals surface area contributed by atoms with Crippen LogP contribution in [0.4, 0.5) is 16.1 Å². The van der Waals surface area contributed by atoms with Crippen molar-refractivity contribution in [2.45, 2.75) is 12.6 Å². The van der Waals surface area contributed by atoms with Gasteiger partial charge in [-0.3, -0.25) is 10.1 Å². The predicted octanol–water partition coefficient (Wildman–Crippen LogP) is 0.432. The summed E-state index contributed by atoms with van der Waals surface area (Å²) in [7, 11) is 1.45. The first-order chi connectivity index (χ1) is 10.8. The molecule has 0 radical (unpaired) electrons. The highest BCUT2D eigenvalue weighted by Gasteiger charge is 2.16. The van der Waals surface area contributed by atoms with Crippen LogP contribution in [0.5, 0.6) is 0 Å². The smallest absolute Gasteiger partial charge is 0.390 e. The lowest BCUT2D eigenvalue weighted by atomic mass is 10.4. The number of nitro groups is 2. The summed E-state index contributed by atoms with van der Waals surface area (Å²) in [5.74, 6) is -0.278. The Morgan fingerprint density at radius 1 is 1.43 bits per heavy atom. The molecule has 0 saturated carbocycles. The number of hydrogen-bond donors (Lipinski definition) is 2. The molecule has 0 aromatic carbocycles. The third kappa shape index (κ3) is 5.93. The van der Waals surface area contributed by atoms with Crippen LogP contribution < -0.4 is 5.73 Å². The number of aliphatic hydroxyl groups excluding tert-OH is 1. The molecule has 23 heavy (non-hydrogen) atoms. The van der Waals surface area contributed by atoms with Gasteiger partial charge >= 0.3 is 10.9 Å². The SMILES string of the molecule is COCC(O)Cn1ccnc1[N+](=O)[O-].Nc1ncc([N+](=O)[O-])s1. The minimum Gasteiger partial charge on any atom is -0.390 e. The van der Waals surface area contributed by atoms with E-state index in [2.05, 4.69) is 9.97 Å². The monoisotopic (exact) mass is 346 g/mol. The Morgan fingerprint density at radius 2 is 2.13 bits per heavy atom. The second-order valence-corrected chi connectivity index (χ2v) is 5.08. The van der Waals surface area contributed by atoms with Crippen LogP contribution in [0.2, 0.25) is 0 Å². The van der Waals surface area contributed by atoms with Crippen molar-refractivity contribution < 1.29 is 19.7 Å². The average Bonchev–Trinajstić information content (AvgIpc) is 3.08. The molecule has 0 aliphatic heterocycles.